The lowest BCUT2D eigenvalue weighted by molar-refractivity contribution is 0.617. The molecule has 1 heterocycles. The summed E-state index contributed by atoms with van der Waals surface area (Å²) < 4.78 is 13.8. The summed E-state index contributed by atoms with van der Waals surface area (Å²) in [5, 5.41) is 0.825. The van der Waals surface area contributed by atoms with Crippen LogP contribution >= 0.6 is 23.4 Å². The van der Waals surface area contributed by atoms with Crippen molar-refractivity contribution in [3.63, 3.8) is 0 Å². The number of aromatic nitrogens is 2. The van der Waals surface area contributed by atoms with Gasteiger partial charge in [0, 0.05) is 34.0 Å². The number of aromatic amines is 1. The summed E-state index contributed by atoms with van der Waals surface area (Å²) in [6, 6.07) is 14.3. The molecule has 0 saturated heterocycles. The third-order valence-electron chi connectivity index (χ3n) is 3.84. The highest BCUT2D eigenvalue weighted by atomic mass is 35.5. The largest absolute Gasteiger partial charge is 0.301 e. The highest BCUT2D eigenvalue weighted by molar-refractivity contribution is 7.98. The molecule has 0 fully saturated rings. The Morgan fingerprint density at radius 1 is 1.12 bits per heavy atom. The Bertz CT molecular complexity index is 924. The summed E-state index contributed by atoms with van der Waals surface area (Å²) >= 11 is 7.28. The minimum atomic E-state index is -0.361. The molecule has 3 aromatic rings. The number of hydrogen-bond donors (Lipinski definition) is 1. The van der Waals surface area contributed by atoms with Gasteiger partial charge in [-0.25, -0.2) is 9.37 Å². The molecule has 0 radical (unpaired) electrons. The standard InChI is InChI=1S/C19H16ClFN2OS/c1-12-14(10-13-6-3-2-4-7-13)18(24)23-19(22-12)25-11-15-16(20)8-5-9-17(15)21/h2-9H,10-11H2,1H3,(H,22,23,24). The Labute approximate surface area is 154 Å². The van der Waals surface area contributed by atoms with Crippen LogP contribution in [0.25, 0.3) is 0 Å². The fraction of sp³-hybridized carbons (Fsp3) is 0.158. The van der Waals surface area contributed by atoms with Crippen molar-refractivity contribution in [2.45, 2.75) is 24.3 Å². The Balaban J connectivity index is 1.79. The molecule has 0 unspecified atom stereocenters. The van der Waals surface area contributed by atoms with Gasteiger partial charge in [0.15, 0.2) is 5.16 Å². The maximum atomic E-state index is 13.8. The van der Waals surface area contributed by atoms with E-state index < -0.39 is 0 Å². The van der Waals surface area contributed by atoms with Gasteiger partial charge >= 0.3 is 0 Å². The number of aryl methyl sites for hydroxylation is 1. The second-order valence-corrected chi connectivity index (χ2v) is 6.96. The van der Waals surface area contributed by atoms with Crippen molar-refractivity contribution in [3.8, 4) is 0 Å². The highest BCUT2D eigenvalue weighted by Crippen LogP contribution is 2.26. The lowest BCUT2D eigenvalue weighted by Gasteiger charge is -2.08. The summed E-state index contributed by atoms with van der Waals surface area (Å²) in [5.74, 6) is -0.0638. The first-order valence-electron chi connectivity index (χ1n) is 7.74. The maximum Gasteiger partial charge on any atom is 0.255 e. The lowest BCUT2D eigenvalue weighted by atomic mass is 10.1. The molecule has 0 aliphatic carbocycles. The Kier molecular flexibility index (Phi) is 5.56. The number of nitrogens with one attached hydrogen (secondary N) is 1. The molecule has 0 aliphatic heterocycles. The number of hydrogen-bond acceptors (Lipinski definition) is 3. The fourth-order valence-corrected chi connectivity index (χ4v) is 3.72. The topological polar surface area (TPSA) is 45.8 Å². The van der Waals surface area contributed by atoms with Crippen LogP contribution in [0, 0.1) is 12.7 Å². The average molecular weight is 375 g/mol. The van der Waals surface area contributed by atoms with Gasteiger partial charge in [0.25, 0.3) is 5.56 Å². The van der Waals surface area contributed by atoms with Crippen molar-refractivity contribution in [1.82, 2.24) is 9.97 Å². The second kappa shape index (κ2) is 7.85. The Hall–Kier alpha value is -2.11. The van der Waals surface area contributed by atoms with E-state index in [1.165, 1.54) is 17.8 Å². The van der Waals surface area contributed by atoms with E-state index in [0.717, 1.165) is 5.56 Å². The van der Waals surface area contributed by atoms with Crippen LogP contribution in [0.4, 0.5) is 4.39 Å². The van der Waals surface area contributed by atoms with Crippen LogP contribution in [0.15, 0.2) is 58.5 Å². The molecule has 0 bridgehead atoms. The SMILES string of the molecule is Cc1nc(SCc2c(F)cccc2Cl)[nH]c(=O)c1Cc1ccccc1. The van der Waals surface area contributed by atoms with Gasteiger partial charge in [-0.3, -0.25) is 4.79 Å². The van der Waals surface area contributed by atoms with Crippen LogP contribution < -0.4 is 5.56 Å². The van der Waals surface area contributed by atoms with Gasteiger partial charge in [0.05, 0.1) is 0 Å². The van der Waals surface area contributed by atoms with Crippen LogP contribution in [-0.4, -0.2) is 9.97 Å². The van der Waals surface area contributed by atoms with Crippen LogP contribution in [-0.2, 0) is 12.2 Å². The molecule has 1 N–H and O–H groups in total. The zero-order valence-electron chi connectivity index (χ0n) is 13.6. The van der Waals surface area contributed by atoms with Gasteiger partial charge in [0.1, 0.15) is 5.82 Å². The van der Waals surface area contributed by atoms with E-state index in [1.54, 1.807) is 12.1 Å². The summed E-state index contributed by atoms with van der Waals surface area (Å²) in [7, 11) is 0. The van der Waals surface area contributed by atoms with Gasteiger partial charge in [0.2, 0.25) is 0 Å². The van der Waals surface area contributed by atoms with E-state index in [1.807, 2.05) is 37.3 Å². The number of halogens is 2. The third-order valence-corrected chi connectivity index (χ3v) is 5.09. The Morgan fingerprint density at radius 3 is 2.56 bits per heavy atom. The predicted octanol–water partition coefficient (Wildman–Crippen LogP) is 4.75. The first-order valence-corrected chi connectivity index (χ1v) is 9.10. The fourth-order valence-electron chi connectivity index (χ4n) is 2.47. The zero-order chi connectivity index (χ0) is 17.8. The van der Waals surface area contributed by atoms with Crippen molar-refractivity contribution in [3.05, 3.63) is 92.1 Å². The number of rotatable bonds is 5. The van der Waals surface area contributed by atoms with Gasteiger partial charge in [-0.2, -0.15) is 0 Å². The molecule has 25 heavy (non-hydrogen) atoms. The highest BCUT2D eigenvalue weighted by Gasteiger charge is 2.12. The van der Waals surface area contributed by atoms with Crippen molar-refractivity contribution >= 4 is 23.4 Å². The van der Waals surface area contributed by atoms with Crippen molar-refractivity contribution < 1.29 is 4.39 Å². The van der Waals surface area contributed by atoms with E-state index in [-0.39, 0.29) is 11.4 Å². The Morgan fingerprint density at radius 2 is 1.88 bits per heavy atom. The molecule has 128 valence electrons. The molecule has 0 atom stereocenters. The van der Waals surface area contributed by atoms with Gasteiger partial charge in [-0.15, -0.1) is 0 Å². The molecule has 3 rings (SSSR count). The van der Waals surface area contributed by atoms with Crippen molar-refractivity contribution in [2.75, 3.05) is 0 Å². The predicted molar refractivity (Wildman–Crippen MR) is 99.8 cm³/mol. The van der Waals surface area contributed by atoms with E-state index >= 15 is 0 Å². The minimum Gasteiger partial charge on any atom is -0.301 e. The van der Waals surface area contributed by atoms with Crippen molar-refractivity contribution in [1.29, 1.82) is 0 Å². The second-order valence-electron chi connectivity index (χ2n) is 5.59. The first-order chi connectivity index (χ1) is 12.0. The van der Waals surface area contributed by atoms with E-state index in [2.05, 4.69) is 9.97 Å². The van der Waals surface area contributed by atoms with Crippen molar-refractivity contribution in [2.24, 2.45) is 0 Å². The molecular weight excluding hydrogens is 359 g/mol. The van der Waals surface area contributed by atoms with E-state index in [9.17, 15) is 9.18 Å². The van der Waals surface area contributed by atoms with E-state index in [0.29, 0.717) is 39.2 Å². The molecule has 2 aromatic carbocycles. The van der Waals surface area contributed by atoms with Gasteiger partial charge < -0.3 is 4.98 Å². The van der Waals surface area contributed by atoms with Gasteiger partial charge in [-0.05, 0) is 24.6 Å². The number of thioether (sulfide) groups is 1. The van der Waals surface area contributed by atoms with Crippen LogP contribution in [0.1, 0.15) is 22.4 Å². The molecular formula is C19H16ClFN2OS. The minimum absolute atomic E-state index is 0.168. The molecule has 1 aromatic heterocycles. The summed E-state index contributed by atoms with van der Waals surface area (Å²) in [6.07, 6.45) is 0.527. The molecule has 6 heteroatoms. The normalized spacial score (nSPS) is 10.8. The zero-order valence-corrected chi connectivity index (χ0v) is 15.1. The average Bonchev–Trinajstić information content (AvgIpc) is 2.59. The molecule has 0 amide bonds. The van der Waals surface area contributed by atoms with Crippen LogP contribution in [0.2, 0.25) is 5.02 Å². The van der Waals surface area contributed by atoms with Gasteiger partial charge in [-0.1, -0.05) is 59.8 Å². The summed E-state index contributed by atoms with van der Waals surface area (Å²) in [5.41, 5.74) is 2.60. The number of nitrogens with zero attached hydrogens (tertiary/aromatic N) is 1. The smallest absolute Gasteiger partial charge is 0.255 e. The molecule has 3 nitrogen and oxygen atoms in total. The molecule has 0 aliphatic rings. The third kappa shape index (κ3) is 4.30. The lowest BCUT2D eigenvalue weighted by Crippen LogP contribution is -2.17. The molecule has 0 spiro atoms. The summed E-state index contributed by atoms with van der Waals surface area (Å²) in [6.45, 7) is 1.81. The maximum absolute atomic E-state index is 13.8. The quantitative estimate of drug-likeness (QED) is 0.517. The number of benzene rings is 2. The first kappa shape index (κ1) is 17.7. The van der Waals surface area contributed by atoms with Crippen LogP contribution in [0.3, 0.4) is 0 Å². The monoisotopic (exact) mass is 374 g/mol. The van der Waals surface area contributed by atoms with Crippen LogP contribution in [0.5, 0.6) is 0 Å². The number of H-pyrrole nitrogens is 1. The molecule has 0 saturated carbocycles. The van der Waals surface area contributed by atoms with E-state index in [4.69, 9.17) is 11.6 Å². The summed E-state index contributed by atoms with van der Waals surface area (Å²) in [4.78, 5) is 19.6.